The van der Waals surface area contributed by atoms with E-state index in [0.717, 1.165) is 44.1 Å². The third kappa shape index (κ3) is 3.65. The summed E-state index contributed by atoms with van der Waals surface area (Å²) in [5.74, 6) is 0.100. The summed E-state index contributed by atoms with van der Waals surface area (Å²) in [6, 6.07) is 17.2. The van der Waals surface area contributed by atoms with Crippen LogP contribution in [0.15, 0.2) is 48.5 Å². The zero-order valence-electron chi connectivity index (χ0n) is 16.0. The predicted octanol–water partition coefficient (Wildman–Crippen LogP) is 3.82. The van der Waals surface area contributed by atoms with Gasteiger partial charge < -0.3 is 19.9 Å². The summed E-state index contributed by atoms with van der Waals surface area (Å²) in [4.78, 5) is 16.4. The summed E-state index contributed by atoms with van der Waals surface area (Å²) in [6.07, 6.45) is 0.891. The van der Waals surface area contributed by atoms with Gasteiger partial charge >= 0.3 is 0 Å². The summed E-state index contributed by atoms with van der Waals surface area (Å²) in [5.41, 5.74) is 4.55. The van der Waals surface area contributed by atoms with Gasteiger partial charge in [-0.25, -0.2) is 0 Å². The van der Waals surface area contributed by atoms with Crippen LogP contribution in [0.3, 0.4) is 0 Å². The summed E-state index contributed by atoms with van der Waals surface area (Å²) in [6.45, 7) is 7.24. The van der Waals surface area contributed by atoms with Crippen molar-refractivity contribution >= 4 is 23.0 Å². The van der Waals surface area contributed by atoms with Crippen LogP contribution in [0.5, 0.6) is 0 Å². The number of anilines is 3. The Morgan fingerprint density at radius 2 is 1.78 bits per heavy atom. The van der Waals surface area contributed by atoms with Gasteiger partial charge in [-0.2, -0.15) is 0 Å². The first-order valence-corrected chi connectivity index (χ1v) is 9.71. The molecule has 1 N–H and O–H groups in total. The van der Waals surface area contributed by atoms with Crippen molar-refractivity contribution in [2.24, 2.45) is 0 Å². The number of carbonyl (C=O) groups is 1. The van der Waals surface area contributed by atoms with Crippen LogP contribution in [0, 0.1) is 0 Å². The predicted molar refractivity (Wildman–Crippen MR) is 110 cm³/mol. The lowest BCUT2D eigenvalue weighted by Crippen LogP contribution is -2.43. The van der Waals surface area contributed by atoms with Crippen molar-refractivity contribution in [3.8, 4) is 0 Å². The number of fused-ring (bicyclic) bond motifs is 1. The molecule has 0 saturated carbocycles. The maximum absolute atomic E-state index is 12.1. The van der Waals surface area contributed by atoms with Gasteiger partial charge in [0, 0.05) is 43.1 Å². The van der Waals surface area contributed by atoms with E-state index >= 15 is 0 Å². The molecule has 2 aliphatic rings. The summed E-state index contributed by atoms with van der Waals surface area (Å²) in [7, 11) is 0. The molecule has 2 aromatic carbocycles. The van der Waals surface area contributed by atoms with Gasteiger partial charge in [0.1, 0.15) is 0 Å². The number of amides is 1. The van der Waals surface area contributed by atoms with Crippen molar-refractivity contribution < 1.29 is 9.53 Å². The molecular weight excluding hydrogens is 338 g/mol. The highest BCUT2D eigenvalue weighted by atomic mass is 16.5. The first-order chi connectivity index (χ1) is 13.1. The Balaban J connectivity index is 1.53. The molecule has 0 aromatic heterocycles. The Morgan fingerprint density at radius 3 is 2.48 bits per heavy atom. The molecule has 2 atom stereocenters. The molecular formula is C22H27N3O2. The summed E-state index contributed by atoms with van der Waals surface area (Å²) >= 11 is 0. The van der Waals surface area contributed by atoms with Crippen molar-refractivity contribution in [2.75, 3.05) is 41.4 Å². The third-order valence-corrected chi connectivity index (χ3v) is 5.51. The molecule has 0 spiro atoms. The molecule has 5 heteroatoms. The zero-order chi connectivity index (χ0) is 18.8. The number of rotatable bonds is 3. The SMILES string of the molecule is CC(=O)N1c2ccccc2[C@@H](Nc2ccc(N3CCOCC3)cc2)C[C@H]1C. The minimum absolute atomic E-state index is 0.100. The van der Waals surface area contributed by atoms with Crippen LogP contribution in [0.25, 0.3) is 0 Å². The standard InChI is InChI=1S/C22H27N3O2/c1-16-15-21(20-5-3-4-6-22(20)25(16)17(2)26)23-18-7-9-19(10-8-18)24-11-13-27-14-12-24/h3-10,16,21,23H,11-15H2,1-2H3/t16-,21+/m1/s1. The second-order valence-electron chi connectivity index (χ2n) is 7.38. The van der Waals surface area contributed by atoms with Crippen LogP contribution < -0.4 is 15.1 Å². The second kappa shape index (κ2) is 7.61. The van der Waals surface area contributed by atoms with Crippen molar-refractivity contribution in [3.63, 3.8) is 0 Å². The molecule has 0 radical (unpaired) electrons. The normalized spacial score (nSPS) is 22.3. The van der Waals surface area contributed by atoms with Crippen molar-refractivity contribution in [3.05, 3.63) is 54.1 Å². The van der Waals surface area contributed by atoms with Crippen molar-refractivity contribution in [1.29, 1.82) is 0 Å². The molecule has 4 rings (SSSR count). The van der Waals surface area contributed by atoms with E-state index in [1.165, 1.54) is 11.3 Å². The number of morpholine rings is 1. The van der Waals surface area contributed by atoms with E-state index in [-0.39, 0.29) is 18.0 Å². The largest absolute Gasteiger partial charge is 0.378 e. The van der Waals surface area contributed by atoms with E-state index in [2.05, 4.69) is 47.5 Å². The Kier molecular flexibility index (Phi) is 5.03. The Morgan fingerprint density at radius 1 is 1.07 bits per heavy atom. The van der Waals surface area contributed by atoms with E-state index in [1.807, 2.05) is 23.1 Å². The van der Waals surface area contributed by atoms with Crippen LogP contribution in [-0.2, 0) is 9.53 Å². The van der Waals surface area contributed by atoms with Gasteiger partial charge in [0.15, 0.2) is 0 Å². The molecule has 1 saturated heterocycles. The number of hydrogen-bond donors (Lipinski definition) is 1. The maximum Gasteiger partial charge on any atom is 0.224 e. The molecule has 0 bridgehead atoms. The fourth-order valence-electron chi connectivity index (χ4n) is 4.22. The second-order valence-corrected chi connectivity index (χ2v) is 7.38. The first-order valence-electron chi connectivity index (χ1n) is 9.71. The number of carbonyl (C=O) groups excluding carboxylic acids is 1. The molecule has 2 aromatic rings. The van der Waals surface area contributed by atoms with Crippen LogP contribution in [-0.4, -0.2) is 38.3 Å². The Bertz CT molecular complexity index is 799. The lowest BCUT2D eigenvalue weighted by Gasteiger charge is -2.39. The van der Waals surface area contributed by atoms with Gasteiger partial charge in [0.2, 0.25) is 5.91 Å². The van der Waals surface area contributed by atoms with Crippen LogP contribution >= 0.6 is 0 Å². The van der Waals surface area contributed by atoms with Gasteiger partial charge in [0.05, 0.1) is 19.3 Å². The highest BCUT2D eigenvalue weighted by Gasteiger charge is 2.32. The summed E-state index contributed by atoms with van der Waals surface area (Å²) < 4.78 is 5.43. The molecule has 1 amide bonds. The third-order valence-electron chi connectivity index (χ3n) is 5.51. The van der Waals surface area contributed by atoms with E-state index in [1.54, 1.807) is 6.92 Å². The number of hydrogen-bond acceptors (Lipinski definition) is 4. The van der Waals surface area contributed by atoms with Gasteiger partial charge in [-0.15, -0.1) is 0 Å². The van der Waals surface area contributed by atoms with Crippen LogP contribution in [0.4, 0.5) is 17.1 Å². The molecule has 0 unspecified atom stereocenters. The fraction of sp³-hybridized carbons (Fsp3) is 0.409. The molecule has 0 aliphatic carbocycles. The van der Waals surface area contributed by atoms with Crippen molar-refractivity contribution in [2.45, 2.75) is 32.4 Å². The van der Waals surface area contributed by atoms with Crippen LogP contribution in [0.1, 0.15) is 31.9 Å². The number of nitrogens with zero attached hydrogens (tertiary/aromatic N) is 2. The molecule has 27 heavy (non-hydrogen) atoms. The van der Waals surface area contributed by atoms with E-state index in [4.69, 9.17) is 4.74 Å². The van der Waals surface area contributed by atoms with Gasteiger partial charge in [-0.3, -0.25) is 4.79 Å². The monoisotopic (exact) mass is 365 g/mol. The Labute approximate surface area is 160 Å². The fourth-order valence-corrected chi connectivity index (χ4v) is 4.22. The average molecular weight is 365 g/mol. The molecule has 142 valence electrons. The first kappa shape index (κ1) is 17.9. The smallest absolute Gasteiger partial charge is 0.224 e. The maximum atomic E-state index is 12.1. The molecule has 1 fully saturated rings. The highest BCUT2D eigenvalue weighted by molar-refractivity contribution is 5.93. The Hall–Kier alpha value is -2.53. The number of benzene rings is 2. The summed E-state index contributed by atoms with van der Waals surface area (Å²) in [5, 5.41) is 3.68. The van der Waals surface area contributed by atoms with E-state index in [0.29, 0.717) is 0 Å². The lowest BCUT2D eigenvalue weighted by molar-refractivity contribution is -0.117. The highest BCUT2D eigenvalue weighted by Crippen LogP contribution is 2.39. The lowest BCUT2D eigenvalue weighted by atomic mass is 9.91. The van der Waals surface area contributed by atoms with E-state index in [9.17, 15) is 4.79 Å². The minimum Gasteiger partial charge on any atom is -0.378 e. The quantitative estimate of drug-likeness (QED) is 0.898. The van der Waals surface area contributed by atoms with Gasteiger partial charge in [0.25, 0.3) is 0 Å². The number of para-hydroxylation sites is 1. The zero-order valence-corrected chi connectivity index (χ0v) is 16.0. The minimum atomic E-state index is 0.100. The molecule has 2 heterocycles. The van der Waals surface area contributed by atoms with Crippen molar-refractivity contribution in [1.82, 2.24) is 0 Å². The number of ether oxygens (including phenoxy) is 1. The van der Waals surface area contributed by atoms with Gasteiger partial charge in [-0.05, 0) is 49.2 Å². The topological polar surface area (TPSA) is 44.8 Å². The van der Waals surface area contributed by atoms with E-state index < -0.39 is 0 Å². The van der Waals surface area contributed by atoms with Crippen LogP contribution in [0.2, 0.25) is 0 Å². The molecule has 5 nitrogen and oxygen atoms in total. The molecule has 2 aliphatic heterocycles. The van der Waals surface area contributed by atoms with Gasteiger partial charge in [-0.1, -0.05) is 18.2 Å². The number of nitrogens with one attached hydrogen (secondary N) is 1. The average Bonchev–Trinajstić information content (AvgIpc) is 2.69.